The molecule has 2 rings (SSSR count). The summed E-state index contributed by atoms with van der Waals surface area (Å²) >= 11 is 0. The van der Waals surface area contributed by atoms with Crippen molar-refractivity contribution in [3.05, 3.63) is 29.8 Å². The van der Waals surface area contributed by atoms with Crippen LogP contribution in [0.3, 0.4) is 0 Å². The largest absolute Gasteiger partial charge is 0.322 e. The van der Waals surface area contributed by atoms with Gasteiger partial charge < -0.3 is 15.5 Å². The first kappa shape index (κ1) is 16.3. The lowest BCUT2D eigenvalue weighted by molar-refractivity contribution is 0.118. The molecule has 0 saturated carbocycles. The first-order valence-electron chi connectivity index (χ1n) is 7.73. The predicted molar refractivity (Wildman–Crippen MR) is 83.4 cm³/mol. The summed E-state index contributed by atoms with van der Waals surface area (Å²) in [6, 6.07) is 3.55. The Kier molecular flexibility index (Phi) is 5.67. The zero-order valence-corrected chi connectivity index (χ0v) is 13.3. The van der Waals surface area contributed by atoms with Crippen LogP contribution in [0.1, 0.15) is 31.5 Å². The Balaban J connectivity index is 1.90. The molecule has 0 aromatic carbocycles. The second kappa shape index (κ2) is 7.29. The van der Waals surface area contributed by atoms with Gasteiger partial charge in [-0.3, -0.25) is 4.98 Å². The van der Waals surface area contributed by atoms with Crippen LogP contribution in [0, 0.1) is 11.7 Å². The molecule has 0 radical (unpaired) electrons. The fourth-order valence-corrected chi connectivity index (χ4v) is 3.09. The Morgan fingerprint density at radius 1 is 1.52 bits per heavy atom. The molecule has 2 N–H and O–H groups in total. The van der Waals surface area contributed by atoms with Gasteiger partial charge in [0.15, 0.2) is 0 Å². The van der Waals surface area contributed by atoms with E-state index in [0.29, 0.717) is 6.04 Å². The second-order valence-electron chi connectivity index (χ2n) is 6.40. The van der Waals surface area contributed by atoms with E-state index in [1.54, 1.807) is 6.07 Å². The van der Waals surface area contributed by atoms with E-state index in [1.807, 2.05) is 0 Å². The van der Waals surface area contributed by atoms with Gasteiger partial charge in [0.25, 0.3) is 0 Å². The van der Waals surface area contributed by atoms with E-state index in [4.69, 9.17) is 5.73 Å². The average molecular weight is 294 g/mol. The summed E-state index contributed by atoms with van der Waals surface area (Å²) < 4.78 is 12.9. The van der Waals surface area contributed by atoms with E-state index in [0.717, 1.165) is 18.8 Å². The number of hydrogen-bond acceptors (Lipinski definition) is 4. The molecule has 21 heavy (non-hydrogen) atoms. The van der Waals surface area contributed by atoms with Gasteiger partial charge in [-0.25, -0.2) is 4.39 Å². The zero-order chi connectivity index (χ0) is 15.4. The van der Waals surface area contributed by atoms with Crippen LogP contribution < -0.4 is 5.73 Å². The molecule has 2 heterocycles. The summed E-state index contributed by atoms with van der Waals surface area (Å²) in [4.78, 5) is 8.90. The Bertz CT molecular complexity index is 436. The Morgan fingerprint density at radius 2 is 2.29 bits per heavy atom. The molecule has 3 unspecified atom stereocenters. The highest BCUT2D eigenvalue weighted by Gasteiger charge is 2.24. The molecule has 0 bridgehead atoms. The van der Waals surface area contributed by atoms with Gasteiger partial charge in [-0.15, -0.1) is 0 Å². The monoisotopic (exact) mass is 294 g/mol. The molecule has 1 aliphatic heterocycles. The number of nitrogens with zero attached hydrogens (tertiary/aromatic N) is 3. The molecule has 0 amide bonds. The number of halogens is 1. The maximum absolute atomic E-state index is 12.9. The fraction of sp³-hybridized carbons (Fsp3) is 0.688. The number of likely N-dealkylation sites (tertiary alicyclic amines) is 1. The number of aromatic nitrogens is 1. The number of pyridine rings is 1. The summed E-state index contributed by atoms with van der Waals surface area (Å²) in [5, 5.41) is 0. The summed E-state index contributed by atoms with van der Waals surface area (Å²) in [6.07, 6.45) is 3.74. The molecular weight excluding hydrogens is 267 g/mol. The van der Waals surface area contributed by atoms with Gasteiger partial charge in [0.1, 0.15) is 5.82 Å². The molecule has 1 fully saturated rings. The molecule has 4 nitrogen and oxygen atoms in total. The highest BCUT2D eigenvalue weighted by molar-refractivity contribution is 5.10. The Morgan fingerprint density at radius 3 is 2.90 bits per heavy atom. The highest BCUT2D eigenvalue weighted by Crippen LogP contribution is 2.21. The maximum Gasteiger partial charge on any atom is 0.141 e. The molecule has 1 aromatic rings. The standard InChI is InChI=1S/C16H27FN4/c1-12(16(18)15-7-6-13(17)9-19-15)10-21(3)14-5-4-8-20(2)11-14/h6-7,9,12,14,16H,4-5,8,10-11,18H2,1-3H3. The third kappa shape index (κ3) is 4.46. The predicted octanol–water partition coefficient (Wildman–Crippen LogP) is 1.88. The van der Waals surface area contributed by atoms with Gasteiger partial charge in [-0.05, 0) is 51.5 Å². The first-order chi connectivity index (χ1) is 9.97. The van der Waals surface area contributed by atoms with Crippen LogP contribution in [-0.2, 0) is 0 Å². The van der Waals surface area contributed by atoms with Crippen LogP contribution in [0.4, 0.5) is 4.39 Å². The van der Waals surface area contributed by atoms with Crippen molar-refractivity contribution < 1.29 is 4.39 Å². The lowest BCUT2D eigenvalue weighted by atomic mass is 9.97. The van der Waals surface area contributed by atoms with Crippen molar-refractivity contribution in [1.29, 1.82) is 0 Å². The first-order valence-corrected chi connectivity index (χ1v) is 7.73. The second-order valence-corrected chi connectivity index (χ2v) is 6.40. The van der Waals surface area contributed by atoms with Crippen LogP contribution in [0.25, 0.3) is 0 Å². The molecule has 3 atom stereocenters. The smallest absolute Gasteiger partial charge is 0.141 e. The van der Waals surface area contributed by atoms with Crippen LogP contribution in [0.15, 0.2) is 18.3 Å². The average Bonchev–Trinajstić information content (AvgIpc) is 2.47. The lowest BCUT2D eigenvalue weighted by Gasteiger charge is -2.37. The van der Waals surface area contributed by atoms with Gasteiger partial charge in [-0.1, -0.05) is 6.92 Å². The van der Waals surface area contributed by atoms with E-state index in [1.165, 1.54) is 31.6 Å². The van der Waals surface area contributed by atoms with Crippen molar-refractivity contribution in [2.75, 3.05) is 33.7 Å². The minimum absolute atomic E-state index is 0.158. The quantitative estimate of drug-likeness (QED) is 0.901. The number of piperidine rings is 1. The van der Waals surface area contributed by atoms with E-state index in [9.17, 15) is 4.39 Å². The van der Waals surface area contributed by atoms with Gasteiger partial charge >= 0.3 is 0 Å². The van der Waals surface area contributed by atoms with Gasteiger partial charge in [0.05, 0.1) is 17.9 Å². The third-order valence-electron chi connectivity index (χ3n) is 4.50. The van der Waals surface area contributed by atoms with Gasteiger partial charge in [0, 0.05) is 19.1 Å². The SMILES string of the molecule is CC(CN(C)C1CCCN(C)C1)C(N)c1ccc(F)cn1. The number of rotatable bonds is 5. The van der Waals surface area contributed by atoms with Gasteiger partial charge in [-0.2, -0.15) is 0 Å². The summed E-state index contributed by atoms with van der Waals surface area (Å²) in [6.45, 7) is 5.38. The van der Waals surface area contributed by atoms with E-state index >= 15 is 0 Å². The number of hydrogen-bond donors (Lipinski definition) is 1. The maximum atomic E-state index is 12.9. The van der Waals surface area contributed by atoms with Crippen LogP contribution in [0.5, 0.6) is 0 Å². The molecule has 118 valence electrons. The Hall–Kier alpha value is -1.04. The van der Waals surface area contributed by atoms with E-state index in [-0.39, 0.29) is 17.8 Å². The topological polar surface area (TPSA) is 45.4 Å². The van der Waals surface area contributed by atoms with Gasteiger partial charge in [0.2, 0.25) is 0 Å². The van der Waals surface area contributed by atoms with Crippen molar-refractivity contribution in [1.82, 2.24) is 14.8 Å². The van der Waals surface area contributed by atoms with E-state index in [2.05, 4.69) is 35.8 Å². The Labute approximate surface area is 127 Å². The fourth-order valence-electron chi connectivity index (χ4n) is 3.09. The van der Waals surface area contributed by atoms with Crippen LogP contribution in [-0.4, -0.2) is 54.6 Å². The van der Waals surface area contributed by atoms with Crippen molar-refractivity contribution in [2.24, 2.45) is 11.7 Å². The molecule has 1 aliphatic rings. The molecular formula is C16H27FN4. The van der Waals surface area contributed by atoms with Crippen LogP contribution >= 0.6 is 0 Å². The zero-order valence-electron chi connectivity index (χ0n) is 13.3. The van der Waals surface area contributed by atoms with Crippen molar-refractivity contribution in [2.45, 2.75) is 31.8 Å². The minimum Gasteiger partial charge on any atom is -0.322 e. The summed E-state index contributed by atoms with van der Waals surface area (Å²) in [5.41, 5.74) is 7.03. The highest BCUT2D eigenvalue weighted by atomic mass is 19.1. The molecule has 0 aliphatic carbocycles. The molecule has 1 saturated heterocycles. The third-order valence-corrected chi connectivity index (χ3v) is 4.50. The summed E-state index contributed by atoms with van der Waals surface area (Å²) in [5.74, 6) is -0.0406. The lowest BCUT2D eigenvalue weighted by Crippen LogP contribution is -2.47. The normalized spacial score (nSPS) is 23.2. The number of nitrogens with two attached hydrogens (primary N) is 1. The van der Waals surface area contributed by atoms with Crippen molar-refractivity contribution in [3.63, 3.8) is 0 Å². The van der Waals surface area contributed by atoms with Crippen molar-refractivity contribution >= 4 is 0 Å². The summed E-state index contributed by atoms with van der Waals surface area (Å²) in [7, 11) is 4.35. The number of likely N-dealkylation sites (N-methyl/N-ethyl adjacent to an activating group) is 2. The van der Waals surface area contributed by atoms with Crippen molar-refractivity contribution in [3.8, 4) is 0 Å². The van der Waals surface area contributed by atoms with E-state index < -0.39 is 0 Å². The molecule has 5 heteroatoms. The minimum atomic E-state index is -0.319. The molecule has 0 spiro atoms. The van der Waals surface area contributed by atoms with Crippen LogP contribution in [0.2, 0.25) is 0 Å². The molecule has 1 aromatic heterocycles.